The molecule has 3 aromatic rings. The SMILES string of the molecule is COc1ccc2nc3ccccc3nc2c1Cl. The number of aromatic nitrogens is 2. The van der Waals surface area contributed by atoms with Crippen LogP contribution in [0, 0.1) is 0 Å². The monoisotopic (exact) mass is 244 g/mol. The zero-order chi connectivity index (χ0) is 11.8. The van der Waals surface area contributed by atoms with Gasteiger partial charge in [-0.3, -0.25) is 0 Å². The van der Waals surface area contributed by atoms with E-state index in [1.54, 1.807) is 13.2 Å². The molecule has 0 amide bonds. The second kappa shape index (κ2) is 3.86. The van der Waals surface area contributed by atoms with Crippen LogP contribution in [0.15, 0.2) is 36.4 Å². The van der Waals surface area contributed by atoms with Gasteiger partial charge in [-0.1, -0.05) is 23.7 Å². The molecular weight excluding hydrogens is 236 g/mol. The van der Waals surface area contributed by atoms with Crippen molar-refractivity contribution in [3.05, 3.63) is 41.4 Å². The highest BCUT2D eigenvalue weighted by atomic mass is 35.5. The first-order chi connectivity index (χ1) is 8.29. The standard InChI is InChI=1S/C13H9ClN2O/c1-17-11-7-6-10-13(12(11)14)16-9-5-3-2-4-8(9)15-10/h2-7H,1H3. The zero-order valence-electron chi connectivity index (χ0n) is 9.14. The van der Waals surface area contributed by atoms with Crippen molar-refractivity contribution in [1.82, 2.24) is 9.97 Å². The van der Waals surface area contributed by atoms with Crippen LogP contribution >= 0.6 is 11.6 Å². The van der Waals surface area contributed by atoms with Gasteiger partial charge in [-0.05, 0) is 24.3 Å². The summed E-state index contributed by atoms with van der Waals surface area (Å²) in [5.74, 6) is 0.615. The number of rotatable bonds is 1. The number of ether oxygens (including phenoxy) is 1. The summed E-state index contributed by atoms with van der Waals surface area (Å²) in [4.78, 5) is 9.02. The van der Waals surface area contributed by atoms with E-state index in [1.807, 2.05) is 30.3 Å². The van der Waals surface area contributed by atoms with Crippen molar-refractivity contribution in [2.75, 3.05) is 7.11 Å². The van der Waals surface area contributed by atoms with Gasteiger partial charge in [0.25, 0.3) is 0 Å². The summed E-state index contributed by atoms with van der Waals surface area (Å²) in [5.41, 5.74) is 3.13. The number of nitrogens with zero attached hydrogens (tertiary/aromatic N) is 2. The van der Waals surface area contributed by atoms with Crippen molar-refractivity contribution in [2.24, 2.45) is 0 Å². The van der Waals surface area contributed by atoms with Crippen LogP contribution in [-0.2, 0) is 0 Å². The quantitative estimate of drug-likeness (QED) is 0.615. The summed E-state index contributed by atoms with van der Waals surface area (Å²) in [6.07, 6.45) is 0. The second-order valence-corrected chi connectivity index (χ2v) is 4.04. The minimum absolute atomic E-state index is 0.503. The minimum atomic E-state index is 0.503. The molecule has 0 fully saturated rings. The minimum Gasteiger partial charge on any atom is -0.495 e. The summed E-state index contributed by atoms with van der Waals surface area (Å²) in [6.45, 7) is 0. The molecule has 0 aliphatic carbocycles. The molecular formula is C13H9ClN2O. The fourth-order valence-corrected chi connectivity index (χ4v) is 2.07. The molecule has 17 heavy (non-hydrogen) atoms. The number of hydrogen-bond acceptors (Lipinski definition) is 3. The van der Waals surface area contributed by atoms with E-state index in [0.29, 0.717) is 16.3 Å². The molecule has 0 unspecified atom stereocenters. The summed E-state index contributed by atoms with van der Waals surface area (Å²) >= 11 is 6.21. The number of fused-ring (bicyclic) bond motifs is 2. The van der Waals surface area contributed by atoms with Gasteiger partial charge in [0.2, 0.25) is 0 Å². The Bertz CT molecular complexity index is 712. The number of methoxy groups -OCH3 is 1. The van der Waals surface area contributed by atoms with Crippen molar-refractivity contribution < 1.29 is 4.74 Å². The molecule has 0 saturated heterocycles. The van der Waals surface area contributed by atoms with Crippen molar-refractivity contribution in [3.63, 3.8) is 0 Å². The Labute approximate surface area is 103 Å². The first-order valence-electron chi connectivity index (χ1n) is 5.18. The Morgan fingerprint density at radius 3 is 2.35 bits per heavy atom. The first kappa shape index (κ1) is 10.3. The molecule has 0 aliphatic rings. The smallest absolute Gasteiger partial charge is 0.139 e. The topological polar surface area (TPSA) is 35.0 Å². The van der Waals surface area contributed by atoms with Gasteiger partial charge < -0.3 is 4.74 Å². The van der Waals surface area contributed by atoms with E-state index in [9.17, 15) is 0 Å². The molecule has 84 valence electrons. The van der Waals surface area contributed by atoms with E-state index >= 15 is 0 Å². The fourth-order valence-electron chi connectivity index (χ4n) is 1.79. The third-order valence-electron chi connectivity index (χ3n) is 2.63. The van der Waals surface area contributed by atoms with Gasteiger partial charge >= 0.3 is 0 Å². The van der Waals surface area contributed by atoms with Crippen molar-refractivity contribution >= 4 is 33.7 Å². The lowest BCUT2D eigenvalue weighted by molar-refractivity contribution is 0.415. The average molecular weight is 245 g/mol. The Balaban J connectivity index is 2.44. The molecule has 0 aliphatic heterocycles. The molecule has 0 N–H and O–H groups in total. The molecule has 0 bridgehead atoms. The summed E-state index contributed by atoms with van der Waals surface area (Å²) in [5, 5.41) is 0.503. The van der Waals surface area contributed by atoms with Crippen LogP contribution in [0.2, 0.25) is 5.02 Å². The van der Waals surface area contributed by atoms with Crippen LogP contribution in [0.3, 0.4) is 0 Å². The summed E-state index contributed by atoms with van der Waals surface area (Å²) in [7, 11) is 1.58. The molecule has 0 saturated carbocycles. The van der Waals surface area contributed by atoms with Gasteiger partial charge in [-0.15, -0.1) is 0 Å². The zero-order valence-corrected chi connectivity index (χ0v) is 9.90. The van der Waals surface area contributed by atoms with Gasteiger partial charge in [0, 0.05) is 0 Å². The number of hydrogen-bond donors (Lipinski definition) is 0. The summed E-state index contributed by atoms with van der Waals surface area (Å²) < 4.78 is 5.17. The van der Waals surface area contributed by atoms with E-state index in [1.165, 1.54) is 0 Å². The van der Waals surface area contributed by atoms with Gasteiger partial charge in [-0.25, -0.2) is 9.97 Å². The predicted molar refractivity (Wildman–Crippen MR) is 68.6 cm³/mol. The lowest BCUT2D eigenvalue weighted by atomic mass is 10.2. The molecule has 1 heterocycles. The number of benzene rings is 2. The van der Waals surface area contributed by atoms with Gasteiger partial charge in [-0.2, -0.15) is 0 Å². The maximum absolute atomic E-state index is 6.21. The predicted octanol–water partition coefficient (Wildman–Crippen LogP) is 3.45. The molecule has 1 aromatic heterocycles. The third kappa shape index (κ3) is 1.59. The van der Waals surface area contributed by atoms with Gasteiger partial charge in [0.1, 0.15) is 16.3 Å². The Morgan fingerprint density at radius 2 is 1.65 bits per heavy atom. The van der Waals surface area contributed by atoms with Crippen molar-refractivity contribution in [3.8, 4) is 5.75 Å². The van der Waals surface area contributed by atoms with Crippen LogP contribution in [-0.4, -0.2) is 17.1 Å². The highest BCUT2D eigenvalue weighted by molar-refractivity contribution is 6.36. The van der Waals surface area contributed by atoms with Crippen molar-refractivity contribution in [2.45, 2.75) is 0 Å². The van der Waals surface area contributed by atoms with Crippen LogP contribution in [0.5, 0.6) is 5.75 Å². The van der Waals surface area contributed by atoms with E-state index in [0.717, 1.165) is 16.6 Å². The van der Waals surface area contributed by atoms with E-state index < -0.39 is 0 Å². The maximum atomic E-state index is 6.21. The largest absolute Gasteiger partial charge is 0.495 e. The van der Waals surface area contributed by atoms with Crippen LogP contribution in [0.1, 0.15) is 0 Å². The Kier molecular flexibility index (Phi) is 2.34. The molecule has 0 spiro atoms. The van der Waals surface area contributed by atoms with Crippen LogP contribution in [0.25, 0.3) is 22.1 Å². The van der Waals surface area contributed by atoms with Gasteiger partial charge in [0.15, 0.2) is 0 Å². The van der Waals surface area contributed by atoms with Crippen LogP contribution in [0.4, 0.5) is 0 Å². The van der Waals surface area contributed by atoms with Crippen molar-refractivity contribution in [1.29, 1.82) is 0 Å². The normalized spacial score (nSPS) is 10.9. The van der Waals surface area contributed by atoms with E-state index in [2.05, 4.69) is 9.97 Å². The number of halogens is 1. The molecule has 0 atom stereocenters. The van der Waals surface area contributed by atoms with Gasteiger partial charge in [0.05, 0.1) is 23.7 Å². The van der Waals surface area contributed by atoms with E-state index in [4.69, 9.17) is 16.3 Å². The van der Waals surface area contributed by atoms with Crippen LogP contribution < -0.4 is 4.74 Å². The molecule has 2 aromatic carbocycles. The first-order valence-corrected chi connectivity index (χ1v) is 5.56. The highest BCUT2D eigenvalue weighted by Crippen LogP contribution is 2.31. The fraction of sp³-hybridized carbons (Fsp3) is 0.0769. The highest BCUT2D eigenvalue weighted by Gasteiger charge is 2.09. The Morgan fingerprint density at radius 1 is 0.941 bits per heavy atom. The van der Waals surface area contributed by atoms with E-state index in [-0.39, 0.29) is 0 Å². The second-order valence-electron chi connectivity index (χ2n) is 3.66. The lowest BCUT2D eigenvalue weighted by Gasteiger charge is -2.06. The maximum Gasteiger partial charge on any atom is 0.139 e. The third-order valence-corrected chi connectivity index (χ3v) is 3.00. The lowest BCUT2D eigenvalue weighted by Crippen LogP contribution is -1.90. The molecule has 0 radical (unpaired) electrons. The Hall–Kier alpha value is -1.87. The molecule has 3 rings (SSSR count). The average Bonchev–Trinajstić information content (AvgIpc) is 2.37. The number of para-hydroxylation sites is 2. The summed E-state index contributed by atoms with van der Waals surface area (Å²) in [6, 6.07) is 11.4. The molecule has 3 nitrogen and oxygen atoms in total. The molecule has 4 heteroatoms.